The number of aliphatic hydroxyl groups is 1. The number of pyridine rings is 1. The van der Waals surface area contributed by atoms with Crippen molar-refractivity contribution in [3.05, 3.63) is 53.2 Å². The summed E-state index contributed by atoms with van der Waals surface area (Å²) in [5, 5.41) is 22.4. The topological polar surface area (TPSA) is 78.2 Å². The van der Waals surface area contributed by atoms with Crippen LogP contribution in [0.3, 0.4) is 0 Å². The van der Waals surface area contributed by atoms with Gasteiger partial charge < -0.3 is 15.2 Å². The minimum Gasteiger partial charge on any atom is -0.491 e. The number of benzene rings is 1. The van der Waals surface area contributed by atoms with Crippen LogP contribution in [0.15, 0.2) is 36.4 Å². The average Bonchev–Trinajstić information content (AvgIpc) is 2.53. The first-order chi connectivity index (χ1) is 11.0. The van der Waals surface area contributed by atoms with Crippen molar-refractivity contribution in [2.75, 3.05) is 11.9 Å². The molecule has 0 spiro atoms. The first kappa shape index (κ1) is 16.8. The highest BCUT2D eigenvalue weighted by Gasteiger charge is 2.10. The molecule has 0 unspecified atom stereocenters. The second kappa shape index (κ2) is 7.61. The second-order valence-electron chi connectivity index (χ2n) is 5.59. The highest BCUT2D eigenvalue weighted by molar-refractivity contribution is 5.52. The van der Waals surface area contributed by atoms with E-state index in [1.165, 1.54) is 0 Å². The van der Waals surface area contributed by atoms with Gasteiger partial charge in [0.15, 0.2) is 0 Å². The minimum absolute atomic E-state index is 0.115. The van der Waals surface area contributed by atoms with Crippen LogP contribution in [-0.4, -0.2) is 22.7 Å². The Morgan fingerprint density at radius 1 is 1.22 bits per heavy atom. The molecule has 0 fully saturated rings. The van der Waals surface area contributed by atoms with E-state index in [4.69, 9.17) is 10.00 Å². The van der Waals surface area contributed by atoms with Crippen molar-refractivity contribution in [3.63, 3.8) is 0 Å². The molecule has 2 rings (SSSR count). The summed E-state index contributed by atoms with van der Waals surface area (Å²) in [7, 11) is 0. The Kier molecular flexibility index (Phi) is 5.56. The quantitative estimate of drug-likeness (QED) is 0.856. The maximum atomic E-state index is 10.3. The largest absolute Gasteiger partial charge is 0.491 e. The van der Waals surface area contributed by atoms with Crippen molar-refractivity contribution in [2.24, 2.45) is 0 Å². The number of hydrogen-bond donors (Lipinski definition) is 2. The highest BCUT2D eigenvalue weighted by Crippen LogP contribution is 2.20. The lowest BCUT2D eigenvalue weighted by Crippen LogP contribution is -2.14. The van der Waals surface area contributed by atoms with E-state index in [-0.39, 0.29) is 12.6 Å². The number of nitrogens with zero attached hydrogens (tertiary/aromatic N) is 2. The lowest BCUT2D eigenvalue weighted by atomic mass is 10.1. The van der Waals surface area contributed by atoms with Crippen LogP contribution < -0.4 is 10.1 Å². The van der Waals surface area contributed by atoms with E-state index in [9.17, 15) is 5.11 Å². The van der Waals surface area contributed by atoms with E-state index in [1.807, 2.05) is 45.0 Å². The maximum absolute atomic E-state index is 10.3. The molecule has 2 N–H and O–H groups in total. The third-order valence-corrected chi connectivity index (χ3v) is 3.25. The molecular weight excluding hydrogens is 290 g/mol. The summed E-state index contributed by atoms with van der Waals surface area (Å²) in [4.78, 5) is 4.29. The van der Waals surface area contributed by atoms with Crippen LogP contribution in [0.4, 0.5) is 5.82 Å². The average molecular weight is 311 g/mol. The normalized spacial score (nSPS) is 11.8. The molecule has 0 radical (unpaired) electrons. The zero-order chi connectivity index (χ0) is 16.8. The lowest BCUT2D eigenvalue weighted by Gasteiger charge is -2.15. The van der Waals surface area contributed by atoms with Gasteiger partial charge in [-0.05, 0) is 50.6 Å². The number of anilines is 1. The first-order valence-electron chi connectivity index (χ1n) is 7.56. The zero-order valence-corrected chi connectivity index (χ0v) is 13.6. The number of ether oxygens (including phenoxy) is 1. The van der Waals surface area contributed by atoms with Gasteiger partial charge in [0.25, 0.3) is 0 Å². The van der Waals surface area contributed by atoms with Crippen molar-refractivity contribution in [1.29, 1.82) is 5.26 Å². The van der Waals surface area contributed by atoms with Crippen LogP contribution in [0.2, 0.25) is 0 Å². The molecule has 0 saturated carbocycles. The molecule has 0 aliphatic rings. The van der Waals surface area contributed by atoms with Crippen molar-refractivity contribution in [3.8, 4) is 11.8 Å². The van der Waals surface area contributed by atoms with Crippen LogP contribution in [0, 0.1) is 18.3 Å². The van der Waals surface area contributed by atoms with Crippen molar-refractivity contribution < 1.29 is 9.84 Å². The summed E-state index contributed by atoms with van der Waals surface area (Å²) in [5.41, 5.74) is 2.06. The molecular formula is C18H21N3O2. The molecule has 2 aromatic rings. The van der Waals surface area contributed by atoms with E-state index in [1.54, 1.807) is 12.1 Å². The van der Waals surface area contributed by atoms with E-state index in [0.29, 0.717) is 11.4 Å². The Bertz CT molecular complexity index is 690. The first-order valence-corrected chi connectivity index (χ1v) is 7.56. The van der Waals surface area contributed by atoms with Gasteiger partial charge in [-0.15, -0.1) is 0 Å². The SMILES string of the molecule is Cc1ccc(C#N)c(NC[C@@H](O)c2ccc(OC(C)C)cc2)n1. The van der Waals surface area contributed by atoms with E-state index >= 15 is 0 Å². The van der Waals surface area contributed by atoms with Gasteiger partial charge in [-0.2, -0.15) is 5.26 Å². The Morgan fingerprint density at radius 3 is 2.52 bits per heavy atom. The summed E-state index contributed by atoms with van der Waals surface area (Å²) < 4.78 is 5.58. The Morgan fingerprint density at radius 2 is 1.91 bits per heavy atom. The van der Waals surface area contributed by atoms with Gasteiger partial charge in [-0.3, -0.25) is 0 Å². The molecule has 0 bridgehead atoms. The summed E-state index contributed by atoms with van der Waals surface area (Å²) in [6, 6.07) is 12.9. The van der Waals surface area contributed by atoms with E-state index in [0.717, 1.165) is 17.0 Å². The van der Waals surface area contributed by atoms with Crippen molar-refractivity contribution in [1.82, 2.24) is 4.98 Å². The standard InChI is InChI=1S/C18H21N3O2/c1-12(2)23-16-8-6-14(7-9-16)17(22)11-20-18-15(10-19)5-4-13(3)21-18/h4-9,12,17,22H,11H2,1-3H3,(H,20,21)/t17-/m1/s1. The molecule has 5 nitrogen and oxygen atoms in total. The molecule has 1 aromatic carbocycles. The van der Waals surface area contributed by atoms with Crippen LogP contribution in [-0.2, 0) is 0 Å². The van der Waals surface area contributed by atoms with Crippen molar-refractivity contribution in [2.45, 2.75) is 33.0 Å². The van der Waals surface area contributed by atoms with Gasteiger partial charge in [0, 0.05) is 12.2 Å². The smallest absolute Gasteiger partial charge is 0.144 e. The van der Waals surface area contributed by atoms with E-state index in [2.05, 4.69) is 16.4 Å². The molecule has 23 heavy (non-hydrogen) atoms. The number of aromatic nitrogens is 1. The number of aryl methyl sites for hydroxylation is 1. The van der Waals surface area contributed by atoms with Gasteiger partial charge in [0.05, 0.1) is 17.8 Å². The molecule has 5 heteroatoms. The summed E-state index contributed by atoms with van der Waals surface area (Å²) in [5.74, 6) is 1.27. The fraction of sp³-hybridized carbons (Fsp3) is 0.333. The lowest BCUT2D eigenvalue weighted by molar-refractivity contribution is 0.191. The molecule has 0 aliphatic heterocycles. The second-order valence-corrected chi connectivity index (χ2v) is 5.59. The minimum atomic E-state index is -0.697. The zero-order valence-electron chi connectivity index (χ0n) is 13.6. The number of rotatable bonds is 6. The van der Waals surface area contributed by atoms with Gasteiger partial charge >= 0.3 is 0 Å². The van der Waals surface area contributed by atoms with Gasteiger partial charge in [0.1, 0.15) is 17.6 Å². The van der Waals surface area contributed by atoms with Crippen LogP contribution in [0.25, 0.3) is 0 Å². The summed E-state index contributed by atoms with van der Waals surface area (Å²) in [6.07, 6.45) is -0.582. The Hall–Kier alpha value is -2.58. The molecule has 0 aliphatic carbocycles. The molecule has 120 valence electrons. The molecule has 1 aromatic heterocycles. The number of aliphatic hydroxyl groups excluding tert-OH is 1. The fourth-order valence-corrected chi connectivity index (χ4v) is 2.13. The van der Waals surface area contributed by atoms with Gasteiger partial charge in [0.2, 0.25) is 0 Å². The maximum Gasteiger partial charge on any atom is 0.144 e. The van der Waals surface area contributed by atoms with Gasteiger partial charge in [-0.25, -0.2) is 4.98 Å². The fourth-order valence-electron chi connectivity index (χ4n) is 2.13. The molecule has 1 heterocycles. The Balaban J connectivity index is 2.01. The molecule has 1 atom stereocenters. The Labute approximate surface area is 136 Å². The number of hydrogen-bond acceptors (Lipinski definition) is 5. The highest BCUT2D eigenvalue weighted by atomic mass is 16.5. The predicted molar refractivity (Wildman–Crippen MR) is 89.3 cm³/mol. The third-order valence-electron chi connectivity index (χ3n) is 3.25. The summed E-state index contributed by atoms with van der Waals surface area (Å²) in [6.45, 7) is 6.06. The molecule has 0 amide bonds. The van der Waals surface area contributed by atoms with Gasteiger partial charge in [-0.1, -0.05) is 12.1 Å². The summed E-state index contributed by atoms with van der Waals surface area (Å²) >= 11 is 0. The number of nitrogens with one attached hydrogen (secondary N) is 1. The van der Waals surface area contributed by atoms with E-state index < -0.39 is 6.10 Å². The monoisotopic (exact) mass is 311 g/mol. The van der Waals surface area contributed by atoms with Crippen LogP contribution >= 0.6 is 0 Å². The van der Waals surface area contributed by atoms with Crippen molar-refractivity contribution >= 4 is 5.82 Å². The predicted octanol–water partition coefficient (Wildman–Crippen LogP) is 3.19. The molecule has 0 saturated heterocycles. The van der Waals surface area contributed by atoms with Crippen LogP contribution in [0.1, 0.15) is 36.8 Å². The number of nitriles is 1. The van der Waals surface area contributed by atoms with Crippen LogP contribution in [0.5, 0.6) is 5.75 Å². The third kappa shape index (κ3) is 4.70.